The molecule has 0 saturated heterocycles. The summed E-state index contributed by atoms with van der Waals surface area (Å²) in [4.78, 5) is 0. The number of aromatic hydroxyl groups is 1. The Morgan fingerprint density at radius 3 is 2.28 bits per heavy atom. The normalized spacial score (nSPS) is 12.8. The van der Waals surface area contributed by atoms with Crippen LogP contribution in [0.3, 0.4) is 0 Å². The SMILES string of the molecule is CC(C)(C)c1cc(-c2c(Cl)ccc3[nH]nnc23)c(O)c(C(C)(C)C)c1. The Hall–Kier alpha value is -2.07. The molecule has 3 rings (SSSR count). The summed E-state index contributed by atoms with van der Waals surface area (Å²) in [6.07, 6.45) is 0. The number of rotatable bonds is 1. The molecule has 25 heavy (non-hydrogen) atoms. The van der Waals surface area contributed by atoms with Crippen LogP contribution in [0.4, 0.5) is 0 Å². The first-order chi connectivity index (χ1) is 11.5. The maximum Gasteiger partial charge on any atom is 0.127 e. The molecule has 5 heteroatoms. The number of benzene rings is 2. The molecule has 0 atom stereocenters. The van der Waals surface area contributed by atoms with Crippen molar-refractivity contribution in [3.63, 3.8) is 0 Å². The van der Waals surface area contributed by atoms with Crippen LogP contribution in [-0.2, 0) is 10.8 Å². The first-order valence-electron chi connectivity index (χ1n) is 8.38. The molecule has 0 radical (unpaired) electrons. The summed E-state index contributed by atoms with van der Waals surface area (Å²) in [5.74, 6) is 0.248. The summed E-state index contributed by atoms with van der Waals surface area (Å²) in [7, 11) is 0. The molecule has 0 saturated carbocycles. The zero-order chi connectivity index (χ0) is 18.6. The number of H-pyrrole nitrogens is 1. The maximum absolute atomic E-state index is 11.1. The Balaban J connectivity index is 2.43. The van der Waals surface area contributed by atoms with Crippen molar-refractivity contribution in [2.75, 3.05) is 0 Å². The maximum atomic E-state index is 11.1. The van der Waals surface area contributed by atoms with E-state index in [4.69, 9.17) is 11.6 Å². The molecule has 2 aromatic carbocycles. The molecule has 0 spiro atoms. The van der Waals surface area contributed by atoms with Gasteiger partial charge in [-0.05, 0) is 34.6 Å². The Kier molecular flexibility index (Phi) is 4.07. The average molecular weight is 358 g/mol. The van der Waals surface area contributed by atoms with Crippen molar-refractivity contribution in [3.05, 3.63) is 40.4 Å². The topological polar surface area (TPSA) is 61.8 Å². The summed E-state index contributed by atoms with van der Waals surface area (Å²) in [6.45, 7) is 12.8. The van der Waals surface area contributed by atoms with Crippen LogP contribution in [0, 0.1) is 0 Å². The van der Waals surface area contributed by atoms with Gasteiger partial charge in [-0.2, -0.15) is 0 Å². The molecule has 0 unspecified atom stereocenters. The number of hydrogen-bond donors (Lipinski definition) is 2. The molecule has 1 heterocycles. The van der Waals surface area contributed by atoms with Crippen LogP contribution in [0.1, 0.15) is 52.7 Å². The molecule has 2 N–H and O–H groups in total. The highest BCUT2D eigenvalue weighted by atomic mass is 35.5. The quantitative estimate of drug-likeness (QED) is 0.597. The minimum atomic E-state index is -0.204. The van der Waals surface area contributed by atoms with Crippen molar-refractivity contribution in [1.82, 2.24) is 15.4 Å². The van der Waals surface area contributed by atoms with E-state index in [1.54, 1.807) is 6.07 Å². The molecule has 4 nitrogen and oxygen atoms in total. The molecule has 0 bridgehead atoms. The number of halogens is 1. The molecule has 0 aliphatic carbocycles. The van der Waals surface area contributed by atoms with Crippen LogP contribution in [0.25, 0.3) is 22.2 Å². The van der Waals surface area contributed by atoms with Crippen LogP contribution in [-0.4, -0.2) is 20.5 Å². The summed E-state index contributed by atoms with van der Waals surface area (Å²) in [6, 6.07) is 7.76. The Labute approximate surface area is 153 Å². The van der Waals surface area contributed by atoms with Crippen LogP contribution >= 0.6 is 11.6 Å². The Morgan fingerprint density at radius 2 is 1.68 bits per heavy atom. The molecular weight excluding hydrogens is 334 g/mol. The molecule has 0 aliphatic heterocycles. The fraction of sp³-hybridized carbons (Fsp3) is 0.400. The Bertz CT molecular complexity index is 946. The van der Waals surface area contributed by atoms with Crippen LogP contribution in [0.5, 0.6) is 5.75 Å². The van der Waals surface area contributed by atoms with Crippen molar-refractivity contribution in [1.29, 1.82) is 0 Å². The summed E-state index contributed by atoms with van der Waals surface area (Å²) < 4.78 is 0. The number of nitrogens with one attached hydrogen (secondary N) is 1. The second kappa shape index (κ2) is 5.73. The van der Waals surface area contributed by atoms with E-state index in [1.165, 1.54) is 0 Å². The zero-order valence-corrected chi connectivity index (χ0v) is 16.3. The summed E-state index contributed by atoms with van der Waals surface area (Å²) in [5, 5.41) is 22.5. The van der Waals surface area contributed by atoms with Gasteiger partial charge >= 0.3 is 0 Å². The van der Waals surface area contributed by atoms with E-state index >= 15 is 0 Å². The lowest BCUT2D eigenvalue weighted by Gasteiger charge is -2.27. The number of fused-ring (bicyclic) bond motifs is 1. The number of hydrogen-bond acceptors (Lipinski definition) is 3. The summed E-state index contributed by atoms with van der Waals surface area (Å²) in [5.41, 5.74) is 4.62. The highest BCUT2D eigenvalue weighted by Gasteiger charge is 2.27. The number of aromatic amines is 1. The van der Waals surface area contributed by atoms with Gasteiger partial charge in [0.15, 0.2) is 0 Å². The number of phenols is 1. The lowest BCUT2D eigenvalue weighted by Crippen LogP contribution is -2.17. The molecule has 0 aliphatic rings. The lowest BCUT2D eigenvalue weighted by atomic mass is 9.78. The van der Waals surface area contributed by atoms with Crippen molar-refractivity contribution in [3.8, 4) is 16.9 Å². The highest BCUT2D eigenvalue weighted by molar-refractivity contribution is 6.35. The van der Waals surface area contributed by atoms with Crippen molar-refractivity contribution in [2.45, 2.75) is 52.4 Å². The van der Waals surface area contributed by atoms with Gasteiger partial charge in [-0.1, -0.05) is 64.4 Å². The van der Waals surface area contributed by atoms with E-state index in [1.807, 2.05) is 12.1 Å². The molecule has 0 fully saturated rings. The molecule has 0 amide bonds. The molecule has 132 valence electrons. The number of aromatic nitrogens is 3. The first kappa shape index (κ1) is 17.7. The standard InChI is InChI=1S/C20H24ClN3O/c1-19(2,3)11-9-12(18(25)13(10-11)20(4,5)6)16-14(21)7-8-15-17(16)23-24-22-15/h7-10,25H,1-6H3,(H,22,23,24). The smallest absolute Gasteiger partial charge is 0.127 e. The molecular formula is C20H24ClN3O. The predicted octanol–water partition coefficient (Wildman–Crippen LogP) is 5.58. The van der Waals surface area contributed by atoms with E-state index in [9.17, 15) is 5.11 Å². The van der Waals surface area contributed by atoms with E-state index in [2.05, 4.69) is 63.0 Å². The fourth-order valence-corrected chi connectivity index (χ4v) is 3.23. The van der Waals surface area contributed by atoms with Crippen LogP contribution < -0.4 is 0 Å². The third-order valence-electron chi connectivity index (χ3n) is 4.50. The predicted molar refractivity (Wildman–Crippen MR) is 103 cm³/mol. The highest BCUT2D eigenvalue weighted by Crippen LogP contribution is 2.45. The van der Waals surface area contributed by atoms with Gasteiger partial charge in [-0.15, -0.1) is 5.10 Å². The Morgan fingerprint density at radius 1 is 1.00 bits per heavy atom. The zero-order valence-electron chi connectivity index (χ0n) is 15.5. The number of phenolic OH excluding ortho intramolecular Hbond substituents is 1. The fourth-order valence-electron chi connectivity index (χ4n) is 2.98. The van der Waals surface area contributed by atoms with Crippen molar-refractivity contribution in [2.24, 2.45) is 0 Å². The lowest BCUT2D eigenvalue weighted by molar-refractivity contribution is 0.446. The van der Waals surface area contributed by atoms with E-state index < -0.39 is 0 Å². The van der Waals surface area contributed by atoms with Crippen molar-refractivity contribution < 1.29 is 5.11 Å². The van der Waals surface area contributed by atoms with Crippen molar-refractivity contribution >= 4 is 22.6 Å². The van der Waals surface area contributed by atoms with Gasteiger partial charge in [0.05, 0.1) is 10.5 Å². The van der Waals surface area contributed by atoms with Crippen LogP contribution in [0.15, 0.2) is 24.3 Å². The molecule has 1 aromatic heterocycles. The van der Waals surface area contributed by atoms with Gasteiger partial charge in [-0.25, -0.2) is 0 Å². The van der Waals surface area contributed by atoms with Gasteiger partial charge in [0, 0.05) is 16.7 Å². The monoisotopic (exact) mass is 357 g/mol. The van der Waals surface area contributed by atoms with Gasteiger partial charge in [0.25, 0.3) is 0 Å². The minimum Gasteiger partial charge on any atom is -0.507 e. The third-order valence-corrected chi connectivity index (χ3v) is 4.82. The summed E-state index contributed by atoms with van der Waals surface area (Å²) >= 11 is 6.51. The van der Waals surface area contributed by atoms with E-state index in [0.717, 1.165) is 16.6 Å². The van der Waals surface area contributed by atoms with E-state index in [0.29, 0.717) is 21.7 Å². The third kappa shape index (κ3) is 3.11. The first-order valence-corrected chi connectivity index (χ1v) is 8.75. The van der Waals surface area contributed by atoms with Gasteiger partial charge in [0.1, 0.15) is 11.3 Å². The molecule has 3 aromatic rings. The second-order valence-corrected chi connectivity index (χ2v) is 8.96. The second-order valence-electron chi connectivity index (χ2n) is 8.55. The minimum absolute atomic E-state index is 0.0629. The largest absolute Gasteiger partial charge is 0.507 e. The van der Waals surface area contributed by atoms with Gasteiger partial charge in [-0.3, -0.25) is 5.10 Å². The van der Waals surface area contributed by atoms with Crippen LogP contribution in [0.2, 0.25) is 5.02 Å². The average Bonchev–Trinajstić information content (AvgIpc) is 2.94. The van der Waals surface area contributed by atoms with E-state index in [-0.39, 0.29) is 16.6 Å². The van der Waals surface area contributed by atoms with Gasteiger partial charge in [0.2, 0.25) is 0 Å². The number of nitrogens with zero attached hydrogens (tertiary/aromatic N) is 2. The van der Waals surface area contributed by atoms with Gasteiger partial charge < -0.3 is 5.11 Å².